The van der Waals surface area contributed by atoms with Crippen molar-refractivity contribution >= 4 is 11.8 Å². The molecule has 1 aliphatic rings. The van der Waals surface area contributed by atoms with Crippen LogP contribution in [-0.4, -0.2) is 27.2 Å². The summed E-state index contributed by atoms with van der Waals surface area (Å²) in [7, 11) is 0. The number of rotatable bonds is 4. The Labute approximate surface area is 148 Å². The van der Waals surface area contributed by atoms with Crippen LogP contribution in [0.5, 0.6) is 11.5 Å². The first-order valence-corrected chi connectivity index (χ1v) is 8.23. The van der Waals surface area contributed by atoms with Gasteiger partial charge in [0.2, 0.25) is 5.95 Å². The summed E-state index contributed by atoms with van der Waals surface area (Å²) in [6.45, 7) is 0. The summed E-state index contributed by atoms with van der Waals surface area (Å²) in [6.07, 6.45) is -0.399. The Balaban J connectivity index is 1.75. The van der Waals surface area contributed by atoms with Crippen molar-refractivity contribution in [2.24, 2.45) is 0 Å². The molecule has 0 aliphatic heterocycles. The number of nitrogens with two attached hydrogens (primary N) is 1. The number of nitrogens with zero attached hydrogens (tertiary/aromatic N) is 2. The Morgan fingerprint density at radius 1 is 1.12 bits per heavy atom. The molecule has 9 heteroatoms. The van der Waals surface area contributed by atoms with E-state index in [-0.39, 0.29) is 29.6 Å². The molecule has 1 aromatic carbocycles. The number of nitrogens with one attached hydrogen (secondary N) is 1. The number of aromatic nitrogens is 2. The number of hydrogen-bond acceptors (Lipinski definition) is 6. The lowest BCUT2D eigenvalue weighted by Crippen LogP contribution is -2.28. The van der Waals surface area contributed by atoms with Gasteiger partial charge < -0.3 is 20.9 Å². The van der Waals surface area contributed by atoms with Gasteiger partial charge in [0.25, 0.3) is 0 Å². The number of alkyl halides is 3. The standard InChI is InChI=1S/C17H19F3N4O2/c18-17(19,20)10-1-7-13(8-2-10)26-14-9-22-16(21)24-15(14)23-11-3-5-12(25)6-4-11/h1-2,7-9,11-12,25H,3-6H2,(H3,21,22,23,24)/t11-,12-. The lowest BCUT2D eigenvalue weighted by atomic mass is 9.93. The second kappa shape index (κ2) is 7.36. The molecule has 0 bridgehead atoms. The minimum absolute atomic E-state index is 0.0584. The van der Waals surface area contributed by atoms with Crippen LogP contribution in [0.4, 0.5) is 24.9 Å². The zero-order valence-corrected chi connectivity index (χ0v) is 13.8. The Bertz CT molecular complexity index is 745. The van der Waals surface area contributed by atoms with Gasteiger partial charge in [-0.25, -0.2) is 4.98 Å². The van der Waals surface area contributed by atoms with E-state index < -0.39 is 11.7 Å². The van der Waals surface area contributed by atoms with E-state index in [0.29, 0.717) is 18.7 Å². The number of halogens is 3. The van der Waals surface area contributed by atoms with Gasteiger partial charge in [0.15, 0.2) is 11.6 Å². The minimum Gasteiger partial charge on any atom is -0.452 e. The number of nitrogen functional groups attached to an aromatic ring is 1. The molecular formula is C17H19F3N4O2. The Morgan fingerprint density at radius 3 is 2.38 bits per heavy atom. The molecule has 3 rings (SSSR count). The van der Waals surface area contributed by atoms with Crippen molar-refractivity contribution in [1.29, 1.82) is 0 Å². The second-order valence-corrected chi connectivity index (χ2v) is 6.22. The molecule has 1 aromatic heterocycles. The maximum Gasteiger partial charge on any atom is 0.416 e. The molecule has 1 heterocycles. The second-order valence-electron chi connectivity index (χ2n) is 6.22. The third-order valence-corrected chi connectivity index (χ3v) is 4.22. The van der Waals surface area contributed by atoms with Crippen LogP contribution < -0.4 is 15.8 Å². The molecule has 1 saturated carbocycles. The third-order valence-electron chi connectivity index (χ3n) is 4.22. The van der Waals surface area contributed by atoms with E-state index in [4.69, 9.17) is 10.5 Å². The number of ether oxygens (including phenoxy) is 1. The average Bonchev–Trinajstić information content (AvgIpc) is 2.59. The Kier molecular flexibility index (Phi) is 5.17. The maximum atomic E-state index is 12.6. The van der Waals surface area contributed by atoms with Gasteiger partial charge >= 0.3 is 6.18 Å². The van der Waals surface area contributed by atoms with E-state index in [2.05, 4.69) is 15.3 Å². The molecule has 0 atom stereocenters. The Morgan fingerprint density at radius 2 is 1.77 bits per heavy atom. The van der Waals surface area contributed by atoms with E-state index in [1.54, 1.807) is 0 Å². The van der Waals surface area contributed by atoms with Crippen LogP contribution in [0.1, 0.15) is 31.2 Å². The van der Waals surface area contributed by atoms with Crippen molar-refractivity contribution < 1.29 is 23.0 Å². The molecule has 26 heavy (non-hydrogen) atoms. The lowest BCUT2D eigenvalue weighted by Gasteiger charge is -2.27. The van der Waals surface area contributed by atoms with Crippen molar-refractivity contribution in [2.75, 3.05) is 11.1 Å². The largest absolute Gasteiger partial charge is 0.452 e. The molecule has 4 N–H and O–H groups in total. The summed E-state index contributed by atoms with van der Waals surface area (Å²) in [5.74, 6) is 0.931. The Hall–Kier alpha value is -2.55. The van der Waals surface area contributed by atoms with Crippen molar-refractivity contribution in [3.63, 3.8) is 0 Å². The highest BCUT2D eigenvalue weighted by Gasteiger charge is 2.30. The van der Waals surface area contributed by atoms with Crippen LogP contribution in [0.3, 0.4) is 0 Å². The molecule has 1 fully saturated rings. The summed E-state index contributed by atoms with van der Waals surface area (Å²) in [6, 6.07) is 4.47. The third kappa shape index (κ3) is 4.54. The zero-order chi connectivity index (χ0) is 18.7. The molecule has 2 aromatic rings. The number of benzene rings is 1. The first kappa shape index (κ1) is 18.2. The van der Waals surface area contributed by atoms with E-state index in [1.807, 2.05) is 0 Å². The highest BCUT2D eigenvalue weighted by molar-refractivity contribution is 5.53. The highest BCUT2D eigenvalue weighted by Crippen LogP contribution is 2.33. The first-order chi connectivity index (χ1) is 12.3. The van der Waals surface area contributed by atoms with Gasteiger partial charge in [-0.05, 0) is 49.9 Å². The molecule has 0 saturated heterocycles. The monoisotopic (exact) mass is 368 g/mol. The van der Waals surface area contributed by atoms with Gasteiger partial charge in [-0.3, -0.25) is 0 Å². The van der Waals surface area contributed by atoms with Crippen LogP contribution in [-0.2, 0) is 6.18 Å². The van der Waals surface area contributed by atoms with E-state index in [9.17, 15) is 18.3 Å². The van der Waals surface area contributed by atoms with Crippen molar-refractivity contribution in [3.05, 3.63) is 36.0 Å². The van der Waals surface area contributed by atoms with Gasteiger partial charge in [0.05, 0.1) is 17.9 Å². The zero-order valence-electron chi connectivity index (χ0n) is 13.8. The molecule has 0 unspecified atom stereocenters. The SMILES string of the molecule is Nc1ncc(Oc2ccc(C(F)(F)F)cc2)c(N[C@H]2CC[C@H](O)CC2)n1. The van der Waals surface area contributed by atoms with Crippen LogP contribution in [0.15, 0.2) is 30.5 Å². The summed E-state index contributed by atoms with van der Waals surface area (Å²) >= 11 is 0. The van der Waals surface area contributed by atoms with Gasteiger partial charge in [0.1, 0.15) is 5.75 Å². The molecule has 0 amide bonds. The summed E-state index contributed by atoms with van der Waals surface area (Å²) < 4.78 is 43.6. The normalized spacial score (nSPS) is 20.6. The molecule has 0 spiro atoms. The lowest BCUT2D eigenvalue weighted by molar-refractivity contribution is -0.137. The van der Waals surface area contributed by atoms with Gasteiger partial charge in [-0.2, -0.15) is 18.2 Å². The molecule has 6 nitrogen and oxygen atoms in total. The number of aliphatic hydroxyl groups is 1. The fraction of sp³-hybridized carbons (Fsp3) is 0.412. The summed E-state index contributed by atoms with van der Waals surface area (Å²) in [5.41, 5.74) is 4.88. The van der Waals surface area contributed by atoms with Crippen molar-refractivity contribution in [1.82, 2.24) is 9.97 Å². The molecule has 140 valence electrons. The summed E-state index contributed by atoms with van der Waals surface area (Å²) in [5, 5.41) is 12.8. The van der Waals surface area contributed by atoms with E-state index >= 15 is 0 Å². The fourth-order valence-electron chi connectivity index (χ4n) is 2.81. The minimum atomic E-state index is -4.40. The van der Waals surface area contributed by atoms with Crippen LogP contribution in [0.2, 0.25) is 0 Å². The summed E-state index contributed by atoms with van der Waals surface area (Å²) in [4.78, 5) is 8.01. The highest BCUT2D eigenvalue weighted by atomic mass is 19.4. The van der Waals surface area contributed by atoms with Gasteiger partial charge in [0, 0.05) is 6.04 Å². The van der Waals surface area contributed by atoms with Crippen molar-refractivity contribution in [2.45, 2.75) is 44.0 Å². The smallest absolute Gasteiger partial charge is 0.416 e. The van der Waals surface area contributed by atoms with Crippen LogP contribution in [0.25, 0.3) is 0 Å². The predicted octanol–water partition coefficient (Wildman–Crippen LogP) is 3.59. The topological polar surface area (TPSA) is 93.3 Å². The first-order valence-electron chi connectivity index (χ1n) is 8.23. The number of anilines is 2. The molecule has 1 aliphatic carbocycles. The quantitative estimate of drug-likeness (QED) is 0.764. The number of hydrogen-bond donors (Lipinski definition) is 3. The van der Waals surface area contributed by atoms with Gasteiger partial charge in [-0.1, -0.05) is 0 Å². The van der Waals surface area contributed by atoms with E-state index in [0.717, 1.165) is 25.0 Å². The average molecular weight is 368 g/mol. The fourth-order valence-corrected chi connectivity index (χ4v) is 2.81. The number of aliphatic hydroxyl groups excluding tert-OH is 1. The van der Waals surface area contributed by atoms with Gasteiger partial charge in [-0.15, -0.1) is 0 Å². The van der Waals surface area contributed by atoms with E-state index in [1.165, 1.54) is 18.3 Å². The van der Waals surface area contributed by atoms with Crippen molar-refractivity contribution in [3.8, 4) is 11.5 Å². The van der Waals surface area contributed by atoms with Crippen LogP contribution in [0, 0.1) is 0 Å². The van der Waals surface area contributed by atoms with Crippen LogP contribution >= 0.6 is 0 Å². The predicted molar refractivity (Wildman–Crippen MR) is 89.8 cm³/mol. The molecule has 0 radical (unpaired) electrons. The maximum absolute atomic E-state index is 12.6. The molecular weight excluding hydrogens is 349 g/mol.